The number of aliphatic hydroxyl groups is 1. The van der Waals surface area contributed by atoms with Gasteiger partial charge in [-0.3, -0.25) is 14.5 Å². The number of piperidine rings is 1. The Bertz CT molecular complexity index is 974. The summed E-state index contributed by atoms with van der Waals surface area (Å²) in [5, 5.41) is 13.3. The van der Waals surface area contributed by atoms with E-state index in [4.69, 9.17) is 0 Å². The molecule has 2 aliphatic heterocycles. The second-order valence-electron chi connectivity index (χ2n) is 9.17. The summed E-state index contributed by atoms with van der Waals surface area (Å²) in [5.41, 5.74) is 3.84. The Balaban J connectivity index is 1.23. The number of rotatable bonds is 7. The van der Waals surface area contributed by atoms with Gasteiger partial charge in [0.1, 0.15) is 12.0 Å². The number of hydrogen-bond acceptors (Lipinski definition) is 6. The number of aromatic nitrogens is 2. The number of amides is 2. The van der Waals surface area contributed by atoms with E-state index in [0.717, 1.165) is 57.6 Å². The number of benzene rings is 1. The van der Waals surface area contributed by atoms with Gasteiger partial charge in [-0.2, -0.15) is 0 Å². The van der Waals surface area contributed by atoms with Gasteiger partial charge >= 0.3 is 0 Å². The van der Waals surface area contributed by atoms with Crippen molar-refractivity contribution in [2.24, 2.45) is 5.92 Å². The average molecular weight is 452 g/mol. The molecule has 1 aromatic heterocycles. The Morgan fingerprint density at radius 3 is 2.67 bits per heavy atom. The quantitative estimate of drug-likeness (QED) is 0.661. The van der Waals surface area contributed by atoms with Crippen LogP contribution in [0.4, 0.5) is 0 Å². The maximum absolute atomic E-state index is 12.6. The number of likely N-dealkylation sites (tertiary alicyclic amines) is 1. The molecule has 8 nitrogen and oxygen atoms in total. The van der Waals surface area contributed by atoms with Crippen LogP contribution in [0.2, 0.25) is 0 Å². The summed E-state index contributed by atoms with van der Waals surface area (Å²) in [6, 6.07) is 10.1. The van der Waals surface area contributed by atoms with Crippen LogP contribution >= 0.6 is 0 Å². The molecule has 33 heavy (non-hydrogen) atoms. The number of carbonyl (C=O) groups excluding carboxylic acids is 2. The summed E-state index contributed by atoms with van der Waals surface area (Å²) in [4.78, 5) is 36.6. The first-order valence-corrected chi connectivity index (χ1v) is 11.8. The first-order valence-electron chi connectivity index (χ1n) is 11.8. The van der Waals surface area contributed by atoms with E-state index in [9.17, 15) is 14.7 Å². The molecule has 3 heterocycles. The molecule has 2 amide bonds. The van der Waals surface area contributed by atoms with Crippen molar-refractivity contribution in [1.82, 2.24) is 25.1 Å². The second kappa shape index (κ2) is 10.9. The number of hydrogen-bond donors (Lipinski definition) is 2. The van der Waals surface area contributed by atoms with Crippen molar-refractivity contribution < 1.29 is 14.7 Å². The highest BCUT2D eigenvalue weighted by atomic mass is 16.3. The van der Waals surface area contributed by atoms with E-state index >= 15 is 0 Å². The summed E-state index contributed by atoms with van der Waals surface area (Å²) in [6.07, 6.45) is 4.42. The zero-order valence-electron chi connectivity index (χ0n) is 19.2. The van der Waals surface area contributed by atoms with E-state index < -0.39 is 6.10 Å². The molecule has 4 rings (SSSR count). The molecular formula is C25H33N5O3. The Morgan fingerprint density at radius 1 is 1.15 bits per heavy atom. The Labute approximate surface area is 195 Å². The van der Waals surface area contributed by atoms with Crippen molar-refractivity contribution in [3.05, 3.63) is 59.2 Å². The molecular weight excluding hydrogens is 418 g/mol. The topological polar surface area (TPSA) is 98.7 Å². The molecule has 8 heteroatoms. The van der Waals surface area contributed by atoms with E-state index in [2.05, 4.69) is 38.4 Å². The SMILES string of the molecule is CC(=O)N1CCC(Cc2cc(C(=O)NC[C@H](O)CN3CCc4ccccc4C3)ncn2)CC1. The van der Waals surface area contributed by atoms with Crippen molar-refractivity contribution in [3.63, 3.8) is 0 Å². The maximum atomic E-state index is 12.6. The Kier molecular flexibility index (Phi) is 7.67. The molecule has 1 saturated heterocycles. The van der Waals surface area contributed by atoms with Crippen LogP contribution in [0.25, 0.3) is 0 Å². The van der Waals surface area contributed by atoms with Crippen LogP contribution in [0.3, 0.4) is 0 Å². The molecule has 0 radical (unpaired) electrons. The minimum Gasteiger partial charge on any atom is -0.390 e. The maximum Gasteiger partial charge on any atom is 0.270 e. The van der Waals surface area contributed by atoms with E-state index in [-0.39, 0.29) is 18.4 Å². The summed E-state index contributed by atoms with van der Waals surface area (Å²) in [6.45, 7) is 5.59. The predicted molar refractivity (Wildman–Crippen MR) is 124 cm³/mol. The first kappa shape index (κ1) is 23.3. The molecule has 0 unspecified atom stereocenters. The lowest BCUT2D eigenvalue weighted by atomic mass is 9.92. The van der Waals surface area contributed by atoms with Crippen LogP contribution in [-0.2, 0) is 24.2 Å². The zero-order valence-corrected chi connectivity index (χ0v) is 19.2. The Morgan fingerprint density at radius 2 is 1.91 bits per heavy atom. The largest absolute Gasteiger partial charge is 0.390 e. The fraction of sp³-hybridized carbons (Fsp3) is 0.520. The number of nitrogens with zero attached hydrogens (tertiary/aromatic N) is 4. The van der Waals surface area contributed by atoms with E-state index in [1.807, 2.05) is 11.0 Å². The summed E-state index contributed by atoms with van der Waals surface area (Å²) >= 11 is 0. The highest BCUT2D eigenvalue weighted by Gasteiger charge is 2.22. The van der Waals surface area contributed by atoms with Crippen molar-refractivity contribution in [3.8, 4) is 0 Å². The normalized spacial score (nSPS) is 17.9. The summed E-state index contributed by atoms with van der Waals surface area (Å²) in [7, 11) is 0. The molecule has 176 valence electrons. The van der Waals surface area contributed by atoms with E-state index in [1.165, 1.54) is 17.5 Å². The van der Waals surface area contributed by atoms with Crippen LogP contribution in [0.15, 0.2) is 36.7 Å². The fourth-order valence-electron chi connectivity index (χ4n) is 4.75. The van der Waals surface area contributed by atoms with Gasteiger partial charge in [-0.1, -0.05) is 24.3 Å². The lowest BCUT2D eigenvalue weighted by Crippen LogP contribution is -2.42. The van der Waals surface area contributed by atoms with Gasteiger partial charge in [0.2, 0.25) is 5.91 Å². The highest BCUT2D eigenvalue weighted by Crippen LogP contribution is 2.21. The van der Waals surface area contributed by atoms with Crippen molar-refractivity contribution in [2.75, 3.05) is 32.7 Å². The third kappa shape index (κ3) is 6.36. The van der Waals surface area contributed by atoms with Crippen LogP contribution in [-0.4, -0.2) is 75.5 Å². The smallest absolute Gasteiger partial charge is 0.270 e. The van der Waals surface area contributed by atoms with Crippen LogP contribution in [0, 0.1) is 5.92 Å². The van der Waals surface area contributed by atoms with E-state index in [1.54, 1.807) is 13.0 Å². The summed E-state index contributed by atoms with van der Waals surface area (Å²) < 4.78 is 0. The van der Waals surface area contributed by atoms with E-state index in [0.29, 0.717) is 18.2 Å². The third-order valence-electron chi connectivity index (χ3n) is 6.69. The van der Waals surface area contributed by atoms with Gasteiger partial charge in [0.25, 0.3) is 5.91 Å². The summed E-state index contributed by atoms with van der Waals surface area (Å²) in [5.74, 6) is 0.276. The van der Waals surface area contributed by atoms with Crippen LogP contribution in [0.1, 0.15) is 47.1 Å². The number of aliphatic hydroxyl groups excluding tert-OH is 1. The van der Waals surface area contributed by atoms with Crippen LogP contribution < -0.4 is 5.32 Å². The molecule has 0 bridgehead atoms. The molecule has 0 aliphatic carbocycles. The minimum atomic E-state index is -0.646. The molecule has 1 fully saturated rings. The second-order valence-corrected chi connectivity index (χ2v) is 9.17. The minimum absolute atomic E-state index is 0.127. The molecule has 0 saturated carbocycles. The number of β-amino-alcohol motifs (C(OH)–C–C–N with tert-alkyl or cyclic N) is 1. The Hall–Kier alpha value is -2.84. The molecule has 2 aromatic rings. The number of carbonyl (C=O) groups is 2. The van der Waals surface area contributed by atoms with Gasteiger partial charge < -0.3 is 15.3 Å². The predicted octanol–water partition coefficient (Wildman–Crippen LogP) is 1.43. The molecule has 2 aliphatic rings. The zero-order chi connectivity index (χ0) is 23.2. The number of nitrogens with one attached hydrogen (secondary N) is 1. The highest BCUT2D eigenvalue weighted by molar-refractivity contribution is 5.92. The van der Waals surface area contributed by atoms with Gasteiger partial charge in [0.15, 0.2) is 0 Å². The van der Waals surface area contributed by atoms with Crippen molar-refractivity contribution in [1.29, 1.82) is 0 Å². The van der Waals surface area contributed by atoms with Crippen molar-refractivity contribution in [2.45, 2.75) is 45.3 Å². The van der Waals surface area contributed by atoms with Gasteiger partial charge in [-0.15, -0.1) is 0 Å². The monoisotopic (exact) mass is 451 g/mol. The third-order valence-corrected chi connectivity index (χ3v) is 6.69. The van der Waals surface area contributed by atoms with Gasteiger partial charge in [0, 0.05) is 51.9 Å². The van der Waals surface area contributed by atoms with Gasteiger partial charge in [-0.05, 0) is 48.8 Å². The lowest BCUT2D eigenvalue weighted by Gasteiger charge is -2.31. The van der Waals surface area contributed by atoms with Crippen LogP contribution in [0.5, 0.6) is 0 Å². The van der Waals surface area contributed by atoms with Gasteiger partial charge in [0.05, 0.1) is 6.10 Å². The first-order chi connectivity index (χ1) is 16.0. The molecule has 1 aromatic carbocycles. The standard InChI is InChI=1S/C25H33N5O3/c1-18(31)30-10-6-19(7-11-30)12-22-13-24(28-17-27-22)25(33)26-14-23(32)16-29-9-8-20-4-2-3-5-21(20)15-29/h2-5,13,17,19,23,32H,6-12,14-16H2,1H3,(H,26,33)/t23-/m0/s1. The molecule has 2 N–H and O–H groups in total. The molecule has 1 atom stereocenters. The van der Waals surface area contributed by atoms with Crippen molar-refractivity contribution >= 4 is 11.8 Å². The lowest BCUT2D eigenvalue weighted by molar-refractivity contribution is -0.130. The fourth-order valence-corrected chi connectivity index (χ4v) is 4.75. The van der Waals surface area contributed by atoms with Gasteiger partial charge in [-0.25, -0.2) is 9.97 Å². The molecule has 0 spiro atoms. The number of fused-ring (bicyclic) bond motifs is 1. The average Bonchev–Trinajstić information content (AvgIpc) is 2.83.